The van der Waals surface area contributed by atoms with Crippen molar-refractivity contribution in [3.8, 4) is 0 Å². The second-order valence-corrected chi connectivity index (χ2v) is 4.86. The van der Waals surface area contributed by atoms with E-state index in [0.717, 1.165) is 25.3 Å². The summed E-state index contributed by atoms with van der Waals surface area (Å²) in [6.07, 6.45) is 1.08. The van der Waals surface area contributed by atoms with Crippen LogP contribution in [0.1, 0.15) is 11.1 Å². The van der Waals surface area contributed by atoms with Crippen molar-refractivity contribution in [3.63, 3.8) is 0 Å². The third-order valence-electron chi connectivity index (χ3n) is 2.94. The zero-order valence-electron chi connectivity index (χ0n) is 10.2. The number of benzene rings is 2. The summed E-state index contributed by atoms with van der Waals surface area (Å²) < 4.78 is 0. The molecular weight excluding hydrogens is 226 g/mol. The van der Waals surface area contributed by atoms with Gasteiger partial charge in [-0.25, -0.2) is 0 Å². The molecule has 0 bridgehead atoms. The Bertz CT molecular complexity index is 493. The molecule has 0 amide bonds. The Morgan fingerprint density at radius 3 is 2.59 bits per heavy atom. The maximum atomic E-state index is 4.18. The Morgan fingerprint density at radius 2 is 1.76 bits per heavy atom. The third kappa shape index (κ3) is 3.48. The summed E-state index contributed by atoms with van der Waals surface area (Å²) in [5.41, 5.74) is 2.72. The van der Waals surface area contributed by atoms with Gasteiger partial charge in [-0.1, -0.05) is 42.0 Å². The minimum absolute atomic E-state index is 0.900. The third-order valence-corrected chi connectivity index (χ3v) is 3.16. The van der Waals surface area contributed by atoms with E-state index in [-0.39, 0.29) is 0 Å². The van der Waals surface area contributed by atoms with E-state index in [1.165, 1.54) is 21.9 Å². The first-order valence-electron chi connectivity index (χ1n) is 6.10. The summed E-state index contributed by atoms with van der Waals surface area (Å²) in [6.45, 7) is 4.14. The average Bonchev–Trinajstić information content (AvgIpc) is 2.35. The number of hydrogen-bond acceptors (Lipinski definition) is 2. The smallest absolute Gasteiger partial charge is 0.00398 e. The summed E-state index contributed by atoms with van der Waals surface area (Å²) in [4.78, 5) is 0. The highest BCUT2D eigenvalue weighted by atomic mass is 32.1. The van der Waals surface area contributed by atoms with Crippen LogP contribution in [0, 0.1) is 6.92 Å². The zero-order valence-corrected chi connectivity index (χ0v) is 11.1. The lowest BCUT2D eigenvalue weighted by atomic mass is 10.0. The first kappa shape index (κ1) is 12.5. The molecule has 17 heavy (non-hydrogen) atoms. The SMILES string of the molecule is Cc1ccc2cc(CCNCCS)ccc2c1. The van der Waals surface area contributed by atoms with Crippen molar-refractivity contribution in [2.24, 2.45) is 0 Å². The van der Waals surface area contributed by atoms with Crippen LogP contribution in [0.5, 0.6) is 0 Å². The van der Waals surface area contributed by atoms with Crippen LogP contribution in [0.3, 0.4) is 0 Å². The van der Waals surface area contributed by atoms with Crippen LogP contribution in [-0.2, 0) is 6.42 Å². The second kappa shape index (κ2) is 6.08. The predicted molar refractivity (Wildman–Crippen MR) is 79.1 cm³/mol. The fourth-order valence-electron chi connectivity index (χ4n) is 2.01. The van der Waals surface area contributed by atoms with Gasteiger partial charge in [0.15, 0.2) is 0 Å². The molecule has 0 aliphatic carbocycles. The number of nitrogens with one attached hydrogen (secondary N) is 1. The maximum absolute atomic E-state index is 4.18. The van der Waals surface area contributed by atoms with Crippen LogP contribution in [0.4, 0.5) is 0 Å². The Labute approximate surface area is 109 Å². The Morgan fingerprint density at radius 1 is 1.00 bits per heavy atom. The van der Waals surface area contributed by atoms with E-state index in [1.54, 1.807) is 0 Å². The van der Waals surface area contributed by atoms with Gasteiger partial charge < -0.3 is 5.32 Å². The summed E-state index contributed by atoms with van der Waals surface area (Å²) in [6, 6.07) is 13.3. The lowest BCUT2D eigenvalue weighted by Crippen LogP contribution is -2.19. The zero-order chi connectivity index (χ0) is 12.1. The van der Waals surface area contributed by atoms with Gasteiger partial charge in [0.2, 0.25) is 0 Å². The van der Waals surface area contributed by atoms with Crippen molar-refractivity contribution in [1.82, 2.24) is 5.32 Å². The predicted octanol–water partition coefficient (Wildman–Crippen LogP) is 3.21. The normalized spacial score (nSPS) is 10.9. The number of fused-ring (bicyclic) bond motifs is 1. The molecule has 90 valence electrons. The van der Waals surface area contributed by atoms with Gasteiger partial charge >= 0.3 is 0 Å². The van der Waals surface area contributed by atoms with E-state index >= 15 is 0 Å². The number of aryl methyl sites for hydroxylation is 1. The molecule has 2 aromatic rings. The monoisotopic (exact) mass is 245 g/mol. The molecule has 2 heteroatoms. The van der Waals surface area contributed by atoms with Crippen LogP contribution in [0.2, 0.25) is 0 Å². The van der Waals surface area contributed by atoms with Gasteiger partial charge in [0, 0.05) is 12.3 Å². The Kier molecular flexibility index (Phi) is 4.46. The van der Waals surface area contributed by atoms with Crippen LogP contribution in [0.15, 0.2) is 36.4 Å². The van der Waals surface area contributed by atoms with Crippen molar-refractivity contribution >= 4 is 23.4 Å². The first-order valence-corrected chi connectivity index (χ1v) is 6.74. The Hall–Kier alpha value is -0.990. The molecular formula is C15H19NS. The standard InChI is InChI=1S/C15H19NS/c1-12-2-4-15-11-13(3-5-14(15)10-12)6-7-16-8-9-17/h2-5,10-11,16-17H,6-9H2,1H3. The van der Waals surface area contributed by atoms with E-state index < -0.39 is 0 Å². The molecule has 2 rings (SSSR count). The van der Waals surface area contributed by atoms with Crippen molar-refractivity contribution in [2.75, 3.05) is 18.8 Å². The number of hydrogen-bond donors (Lipinski definition) is 2. The van der Waals surface area contributed by atoms with E-state index in [4.69, 9.17) is 0 Å². The summed E-state index contributed by atoms with van der Waals surface area (Å²) in [5.74, 6) is 0.900. The van der Waals surface area contributed by atoms with E-state index in [1.807, 2.05) is 0 Å². The fraction of sp³-hybridized carbons (Fsp3) is 0.333. The largest absolute Gasteiger partial charge is 0.316 e. The molecule has 0 atom stereocenters. The van der Waals surface area contributed by atoms with Crippen molar-refractivity contribution in [2.45, 2.75) is 13.3 Å². The van der Waals surface area contributed by atoms with Gasteiger partial charge in [-0.2, -0.15) is 12.6 Å². The van der Waals surface area contributed by atoms with Crippen molar-refractivity contribution in [3.05, 3.63) is 47.5 Å². The summed E-state index contributed by atoms with van der Waals surface area (Å²) in [7, 11) is 0. The van der Waals surface area contributed by atoms with Crippen LogP contribution in [-0.4, -0.2) is 18.8 Å². The number of thiol groups is 1. The molecule has 0 saturated heterocycles. The molecule has 1 nitrogen and oxygen atoms in total. The van der Waals surface area contributed by atoms with Crippen LogP contribution >= 0.6 is 12.6 Å². The molecule has 0 saturated carbocycles. The molecule has 0 aromatic heterocycles. The highest BCUT2D eigenvalue weighted by Crippen LogP contribution is 2.17. The molecule has 1 N–H and O–H groups in total. The minimum Gasteiger partial charge on any atom is -0.316 e. The number of rotatable bonds is 5. The highest BCUT2D eigenvalue weighted by molar-refractivity contribution is 7.80. The van der Waals surface area contributed by atoms with Gasteiger partial charge in [0.05, 0.1) is 0 Å². The summed E-state index contributed by atoms with van der Waals surface area (Å²) >= 11 is 4.18. The quantitative estimate of drug-likeness (QED) is 0.609. The minimum atomic E-state index is 0.900. The first-order chi connectivity index (χ1) is 8.29. The second-order valence-electron chi connectivity index (χ2n) is 4.41. The molecule has 0 heterocycles. The van der Waals surface area contributed by atoms with Gasteiger partial charge in [-0.3, -0.25) is 0 Å². The van der Waals surface area contributed by atoms with Gasteiger partial charge in [-0.05, 0) is 36.2 Å². The lowest BCUT2D eigenvalue weighted by Gasteiger charge is -2.05. The molecule has 2 aromatic carbocycles. The molecule has 0 unspecified atom stereocenters. The summed E-state index contributed by atoms with van der Waals surface area (Å²) in [5, 5.41) is 6.03. The van der Waals surface area contributed by atoms with E-state index in [2.05, 4.69) is 61.3 Å². The maximum Gasteiger partial charge on any atom is 0.00398 e. The van der Waals surface area contributed by atoms with Gasteiger partial charge in [0.25, 0.3) is 0 Å². The van der Waals surface area contributed by atoms with E-state index in [9.17, 15) is 0 Å². The molecule has 0 aliphatic heterocycles. The molecule has 0 spiro atoms. The average molecular weight is 245 g/mol. The van der Waals surface area contributed by atoms with Crippen molar-refractivity contribution in [1.29, 1.82) is 0 Å². The van der Waals surface area contributed by atoms with Gasteiger partial charge in [-0.15, -0.1) is 0 Å². The topological polar surface area (TPSA) is 12.0 Å². The fourth-order valence-corrected chi connectivity index (χ4v) is 2.17. The Balaban J connectivity index is 2.07. The van der Waals surface area contributed by atoms with Crippen LogP contribution in [0.25, 0.3) is 10.8 Å². The molecule has 0 aliphatic rings. The highest BCUT2D eigenvalue weighted by Gasteiger charge is 1.97. The van der Waals surface area contributed by atoms with Crippen LogP contribution < -0.4 is 5.32 Å². The molecule has 0 fully saturated rings. The van der Waals surface area contributed by atoms with E-state index in [0.29, 0.717) is 0 Å². The molecule has 0 radical (unpaired) electrons. The lowest BCUT2D eigenvalue weighted by molar-refractivity contribution is 0.722. The van der Waals surface area contributed by atoms with Crippen molar-refractivity contribution < 1.29 is 0 Å². The van der Waals surface area contributed by atoms with Gasteiger partial charge in [0.1, 0.15) is 0 Å².